The van der Waals surface area contributed by atoms with Crippen LogP contribution in [0, 0.1) is 0 Å². The zero-order valence-corrected chi connectivity index (χ0v) is 14.1. The number of hydrogen-bond acceptors (Lipinski definition) is 3. The van der Waals surface area contributed by atoms with Gasteiger partial charge in [0.2, 0.25) is 0 Å². The molecule has 0 amide bonds. The first-order valence-electron chi connectivity index (χ1n) is 7.96. The Kier molecular flexibility index (Phi) is 13.0. The van der Waals surface area contributed by atoms with Gasteiger partial charge in [0, 0.05) is 0 Å². The molecule has 0 aromatic carbocycles. The Morgan fingerprint density at radius 2 is 1.82 bits per heavy atom. The molecular formula is C19H30O3. The molecule has 0 aliphatic rings. The van der Waals surface area contributed by atoms with Crippen LogP contribution in [0.2, 0.25) is 0 Å². The van der Waals surface area contributed by atoms with Gasteiger partial charge in [-0.1, -0.05) is 43.2 Å². The van der Waals surface area contributed by atoms with Gasteiger partial charge in [0.05, 0.1) is 13.7 Å². The molecule has 0 aromatic rings. The summed E-state index contributed by atoms with van der Waals surface area (Å²) in [7, 11) is 1.50. The quantitative estimate of drug-likeness (QED) is 0.118. The minimum absolute atomic E-state index is 0.300. The Hall–Kier alpha value is -1.77. The minimum atomic E-state index is -0.394. The van der Waals surface area contributed by atoms with Crippen LogP contribution in [0.25, 0.3) is 0 Å². The first kappa shape index (κ1) is 20.2. The number of methoxy groups -OCH3 is 1. The summed E-state index contributed by atoms with van der Waals surface area (Å²) in [5.41, 5.74) is 1.37. The maximum absolute atomic E-state index is 11.7. The highest BCUT2D eigenvalue weighted by molar-refractivity contribution is 5.86. The lowest BCUT2D eigenvalue weighted by molar-refractivity contribution is -0.142. The van der Waals surface area contributed by atoms with Crippen LogP contribution >= 0.6 is 0 Å². The number of esters is 1. The molecule has 0 aliphatic heterocycles. The average Bonchev–Trinajstić information content (AvgIpc) is 2.50. The second-order valence-corrected chi connectivity index (χ2v) is 5.19. The Morgan fingerprint density at radius 1 is 1.09 bits per heavy atom. The fraction of sp³-hybridized carbons (Fsp3) is 0.526. The van der Waals surface area contributed by atoms with E-state index in [0.29, 0.717) is 18.8 Å². The van der Waals surface area contributed by atoms with E-state index in [0.717, 1.165) is 25.7 Å². The zero-order chi connectivity index (χ0) is 16.6. The normalized spacial score (nSPS) is 11.9. The molecule has 0 heterocycles. The molecule has 0 fully saturated rings. The summed E-state index contributed by atoms with van der Waals surface area (Å²) in [6, 6.07) is 0. The Balaban J connectivity index is 3.83. The van der Waals surface area contributed by atoms with Gasteiger partial charge in [-0.3, -0.25) is 0 Å². The second kappa shape index (κ2) is 14.2. The van der Waals surface area contributed by atoms with E-state index in [1.807, 2.05) is 12.2 Å². The van der Waals surface area contributed by atoms with Crippen LogP contribution in [0.3, 0.4) is 0 Å². The molecule has 124 valence electrons. The summed E-state index contributed by atoms with van der Waals surface area (Å²) in [5, 5.41) is 0. The van der Waals surface area contributed by atoms with E-state index in [-0.39, 0.29) is 0 Å². The molecule has 0 unspecified atom stereocenters. The first-order chi connectivity index (χ1) is 10.7. The third-order valence-electron chi connectivity index (χ3n) is 3.23. The third-order valence-corrected chi connectivity index (χ3v) is 3.23. The van der Waals surface area contributed by atoms with Crippen LogP contribution in [-0.2, 0) is 14.3 Å². The monoisotopic (exact) mass is 306 g/mol. The van der Waals surface area contributed by atoms with Crippen molar-refractivity contribution in [3.8, 4) is 0 Å². The van der Waals surface area contributed by atoms with Gasteiger partial charge in [-0.25, -0.2) is 4.79 Å². The van der Waals surface area contributed by atoms with Gasteiger partial charge in [0.25, 0.3) is 0 Å². The summed E-state index contributed by atoms with van der Waals surface area (Å²) in [6.45, 7) is 9.76. The molecule has 0 aliphatic carbocycles. The second-order valence-electron chi connectivity index (χ2n) is 5.19. The van der Waals surface area contributed by atoms with Crippen molar-refractivity contribution in [3.05, 3.63) is 48.8 Å². The average molecular weight is 306 g/mol. The fourth-order valence-electron chi connectivity index (χ4n) is 1.98. The zero-order valence-electron chi connectivity index (χ0n) is 14.1. The first-order valence-corrected chi connectivity index (χ1v) is 7.96. The van der Waals surface area contributed by atoms with Crippen molar-refractivity contribution in [2.75, 3.05) is 13.7 Å². The van der Waals surface area contributed by atoms with Crippen molar-refractivity contribution in [2.45, 2.75) is 51.9 Å². The van der Waals surface area contributed by atoms with E-state index in [1.54, 1.807) is 6.08 Å². The van der Waals surface area contributed by atoms with Gasteiger partial charge < -0.3 is 9.47 Å². The van der Waals surface area contributed by atoms with Gasteiger partial charge in [-0.2, -0.15) is 0 Å². The number of unbranched alkanes of at least 4 members (excludes halogenated alkanes) is 4. The van der Waals surface area contributed by atoms with Crippen molar-refractivity contribution >= 4 is 5.97 Å². The van der Waals surface area contributed by atoms with Crippen LogP contribution in [0.15, 0.2) is 48.8 Å². The van der Waals surface area contributed by atoms with Crippen molar-refractivity contribution in [3.63, 3.8) is 0 Å². The van der Waals surface area contributed by atoms with Crippen molar-refractivity contribution < 1.29 is 14.3 Å². The topological polar surface area (TPSA) is 35.5 Å². The Bertz CT molecular complexity index is 391. The highest BCUT2D eigenvalue weighted by atomic mass is 16.6. The standard InChI is InChI=1S/C19H30O3/c1-5-7-16-22-19(20)18(21-4)15-12-10-8-9-11-14-17(3)13-6-2/h5-6,13,15H,1-2,7-12,14,16H2,3-4H3/b17-13+,18-15-. The van der Waals surface area contributed by atoms with Gasteiger partial charge in [0.15, 0.2) is 5.76 Å². The molecule has 0 bridgehead atoms. The molecule has 0 spiro atoms. The molecule has 0 saturated heterocycles. The molecule has 0 radical (unpaired) electrons. The van der Waals surface area contributed by atoms with Crippen LogP contribution in [-0.4, -0.2) is 19.7 Å². The summed E-state index contributed by atoms with van der Waals surface area (Å²) in [6.07, 6.45) is 14.6. The van der Waals surface area contributed by atoms with Crippen molar-refractivity contribution in [1.29, 1.82) is 0 Å². The summed E-state index contributed by atoms with van der Waals surface area (Å²) in [4.78, 5) is 11.7. The molecule has 0 saturated carbocycles. The number of rotatable bonds is 13. The number of allylic oxidation sites excluding steroid dienone is 4. The van der Waals surface area contributed by atoms with Gasteiger partial charge in [0.1, 0.15) is 0 Å². The predicted octanol–water partition coefficient (Wildman–Crippen LogP) is 5.11. The van der Waals surface area contributed by atoms with Crippen LogP contribution in [0.4, 0.5) is 0 Å². The SMILES string of the molecule is C=C/C=C(\C)CCCCCC/C=C(\OC)C(=O)OCCC=C. The summed E-state index contributed by atoms with van der Waals surface area (Å²) < 4.78 is 10.1. The van der Waals surface area contributed by atoms with Crippen LogP contribution in [0.5, 0.6) is 0 Å². The maximum atomic E-state index is 11.7. The lowest BCUT2D eigenvalue weighted by Crippen LogP contribution is -2.10. The van der Waals surface area contributed by atoms with E-state index in [2.05, 4.69) is 26.2 Å². The van der Waals surface area contributed by atoms with Gasteiger partial charge in [-0.05, 0) is 45.1 Å². The fourth-order valence-corrected chi connectivity index (χ4v) is 1.98. The smallest absolute Gasteiger partial charge is 0.373 e. The summed E-state index contributed by atoms with van der Waals surface area (Å²) >= 11 is 0. The molecule has 0 rings (SSSR count). The van der Waals surface area contributed by atoms with E-state index >= 15 is 0 Å². The minimum Gasteiger partial charge on any atom is -0.490 e. The van der Waals surface area contributed by atoms with Crippen LogP contribution < -0.4 is 0 Å². The van der Waals surface area contributed by atoms with E-state index in [9.17, 15) is 4.79 Å². The van der Waals surface area contributed by atoms with Crippen LogP contribution in [0.1, 0.15) is 51.9 Å². The van der Waals surface area contributed by atoms with E-state index < -0.39 is 5.97 Å². The number of carbonyl (C=O) groups is 1. The van der Waals surface area contributed by atoms with E-state index in [1.165, 1.54) is 25.5 Å². The number of hydrogen-bond donors (Lipinski definition) is 0. The molecule has 22 heavy (non-hydrogen) atoms. The van der Waals surface area contributed by atoms with Crippen molar-refractivity contribution in [2.24, 2.45) is 0 Å². The molecule has 0 aromatic heterocycles. The number of carbonyl (C=O) groups excluding carboxylic acids is 1. The predicted molar refractivity (Wildman–Crippen MR) is 92.5 cm³/mol. The van der Waals surface area contributed by atoms with Gasteiger partial charge >= 0.3 is 5.97 Å². The Labute approximate surface area is 135 Å². The Morgan fingerprint density at radius 3 is 2.45 bits per heavy atom. The van der Waals surface area contributed by atoms with Crippen molar-refractivity contribution in [1.82, 2.24) is 0 Å². The lowest BCUT2D eigenvalue weighted by atomic mass is 10.1. The van der Waals surface area contributed by atoms with E-state index in [4.69, 9.17) is 9.47 Å². The van der Waals surface area contributed by atoms with Gasteiger partial charge in [-0.15, -0.1) is 6.58 Å². The molecule has 0 N–H and O–H groups in total. The number of ether oxygens (including phenoxy) is 2. The summed E-state index contributed by atoms with van der Waals surface area (Å²) in [5.74, 6) is -0.0941. The maximum Gasteiger partial charge on any atom is 0.373 e. The third kappa shape index (κ3) is 11.0. The largest absolute Gasteiger partial charge is 0.490 e. The molecule has 3 heteroatoms. The lowest BCUT2D eigenvalue weighted by Gasteiger charge is -2.06. The highest BCUT2D eigenvalue weighted by Gasteiger charge is 2.10. The molecule has 0 atom stereocenters. The molecule has 3 nitrogen and oxygen atoms in total. The highest BCUT2D eigenvalue weighted by Crippen LogP contribution is 2.12. The molecular weight excluding hydrogens is 276 g/mol.